The van der Waals surface area contributed by atoms with Crippen LogP contribution in [0.5, 0.6) is 5.75 Å². The monoisotopic (exact) mass is 296 g/mol. The summed E-state index contributed by atoms with van der Waals surface area (Å²) in [5.41, 5.74) is 1.69. The molecule has 0 bridgehead atoms. The summed E-state index contributed by atoms with van der Waals surface area (Å²) >= 11 is 0. The van der Waals surface area contributed by atoms with Gasteiger partial charge in [-0.05, 0) is 30.7 Å². The minimum Gasteiger partial charge on any atom is -0.497 e. The lowest BCUT2D eigenvalue weighted by atomic mass is 10.1. The maximum absolute atomic E-state index is 12.5. The predicted molar refractivity (Wildman–Crippen MR) is 86.9 cm³/mol. The van der Waals surface area contributed by atoms with E-state index in [2.05, 4.69) is 6.92 Å². The zero-order chi connectivity index (χ0) is 15.9. The fourth-order valence-electron chi connectivity index (χ4n) is 2.44. The highest BCUT2D eigenvalue weighted by atomic mass is 16.5. The Morgan fingerprint density at radius 1 is 1.23 bits per heavy atom. The van der Waals surface area contributed by atoms with E-state index in [-0.39, 0.29) is 11.1 Å². The second-order valence-electron chi connectivity index (χ2n) is 5.14. The van der Waals surface area contributed by atoms with Gasteiger partial charge in [0.25, 0.3) is 5.56 Å². The predicted octanol–water partition coefficient (Wildman–Crippen LogP) is 3.59. The van der Waals surface area contributed by atoms with E-state index in [0.717, 1.165) is 36.3 Å². The molecule has 0 unspecified atom stereocenters. The Morgan fingerprint density at radius 3 is 2.73 bits per heavy atom. The SMILES string of the molecule is CCCCCn1c(-c2cccc(OC)c2)ccc(C#N)c1=O. The Morgan fingerprint density at radius 2 is 2.05 bits per heavy atom. The second kappa shape index (κ2) is 7.46. The summed E-state index contributed by atoms with van der Waals surface area (Å²) in [6, 6.07) is 13.0. The van der Waals surface area contributed by atoms with Gasteiger partial charge >= 0.3 is 0 Å². The van der Waals surface area contributed by atoms with Crippen LogP contribution in [0, 0.1) is 11.3 Å². The molecular formula is C18H20N2O2. The lowest BCUT2D eigenvalue weighted by Crippen LogP contribution is -2.24. The maximum atomic E-state index is 12.5. The van der Waals surface area contributed by atoms with Gasteiger partial charge in [-0.1, -0.05) is 31.9 Å². The summed E-state index contributed by atoms with van der Waals surface area (Å²) < 4.78 is 6.95. The molecule has 1 aromatic carbocycles. The number of methoxy groups -OCH3 is 1. The van der Waals surface area contributed by atoms with E-state index in [9.17, 15) is 4.79 Å². The van der Waals surface area contributed by atoms with Crippen LogP contribution in [-0.4, -0.2) is 11.7 Å². The lowest BCUT2D eigenvalue weighted by molar-refractivity contribution is 0.415. The van der Waals surface area contributed by atoms with Crippen molar-refractivity contribution in [2.45, 2.75) is 32.7 Å². The first-order chi connectivity index (χ1) is 10.7. The molecular weight excluding hydrogens is 276 g/mol. The molecule has 0 saturated heterocycles. The first kappa shape index (κ1) is 15.8. The molecule has 1 aromatic heterocycles. The zero-order valence-corrected chi connectivity index (χ0v) is 13.0. The fraction of sp³-hybridized carbons (Fsp3) is 0.333. The van der Waals surface area contributed by atoms with Gasteiger partial charge in [-0.3, -0.25) is 4.79 Å². The standard InChI is InChI=1S/C18H20N2O2/c1-3-4-5-11-20-17(10-9-15(13-19)18(20)21)14-7-6-8-16(12-14)22-2/h6-10,12H,3-5,11H2,1-2H3. The summed E-state index contributed by atoms with van der Waals surface area (Å²) in [5.74, 6) is 0.745. The molecule has 0 radical (unpaired) electrons. The van der Waals surface area contributed by atoms with Gasteiger partial charge in [0.15, 0.2) is 0 Å². The number of nitrogens with zero attached hydrogens (tertiary/aromatic N) is 2. The lowest BCUT2D eigenvalue weighted by Gasteiger charge is -2.14. The van der Waals surface area contributed by atoms with Gasteiger partial charge < -0.3 is 9.30 Å². The Bertz CT molecular complexity index is 741. The molecule has 0 atom stereocenters. The first-order valence-corrected chi connectivity index (χ1v) is 7.49. The van der Waals surface area contributed by atoms with Gasteiger partial charge in [0.05, 0.1) is 12.8 Å². The number of aromatic nitrogens is 1. The largest absolute Gasteiger partial charge is 0.497 e. The Hall–Kier alpha value is -2.54. The number of unbranched alkanes of at least 4 members (excludes halogenated alkanes) is 2. The van der Waals surface area contributed by atoms with Crippen LogP contribution >= 0.6 is 0 Å². The van der Waals surface area contributed by atoms with Gasteiger partial charge in [0.2, 0.25) is 0 Å². The third kappa shape index (κ3) is 3.37. The van der Waals surface area contributed by atoms with Crippen LogP contribution in [0.3, 0.4) is 0 Å². The maximum Gasteiger partial charge on any atom is 0.268 e. The van der Waals surface area contributed by atoms with Gasteiger partial charge in [-0.15, -0.1) is 0 Å². The molecule has 2 rings (SSSR count). The van der Waals surface area contributed by atoms with Gasteiger partial charge in [0, 0.05) is 12.1 Å². The van der Waals surface area contributed by atoms with Gasteiger partial charge in [0.1, 0.15) is 17.4 Å². The molecule has 4 heteroatoms. The zero-order valence-electron chi connectivity index (χ0n) is 13.0. The molecule has 0 aliphatic carbocycles. The average Bonchev–Trinajstić information content (AvgIpc) is 2.56. The number of hydrogen-bond donors (Lipinski definition) is 0. The molecule has 0 spiro atoms. The summed E-state index contributed by atoms with van der Waals surface area (Å²) in [6.45, 7) is 2.74. The van der Waals surface area contributed by atoms with Crippen LogP contribution in [0.15, 0.2) is 41.2 Å². The van der Waals surface area contributed by atoms with E-state index in [0.29, 0.717) is 6.54 Å². The van der Waals surface area contributed by atoms with Crippen LogP contribution in [-0.2, 0) is 6.54 Å². The molecule has 22 heavy (non-hydrogen) atoms. The number of rotatable bonds is 6. The van der Waals surface area contributed by atoms with E-state index in [4.69, 9.17) is 10.00 Å². The minimum atomic E-state index is -0.223. The van der Waals surface area contributed by atoms with Crippen LogP contribution in [0.4, 0.5) is 0 Å². The van der Waals surface area contributed by atoms with E-state index in [1.54, 1.807) is 17.7 Å². The fourth-order valence-corrected chi connectivity index (χ4v) is 2.44. The Labute approximate surface area is 130 Å². The number of pyridine rings is 1. The van der Waals surface area contributed by atoms with Crippen molar-refractivity contribution in [1.82, 2.24) is 4.57 Å². The normalized spacial score (nSPS) is 10.2. The molecule has 0 saturated carbocycles. The molecule has 2 aromatic rings. The number of ether oxygens (including phenoxy) is 1. The molecule has 0 fully saturated rings. The molecule has 4 nitrogen and oxygen atoms in total. The number of nitriles is 1. The highest BCUT2D eigenvalue weighted by molar-refractivity contribution is 5.62. The van der Waals surface area contributed by atoms with E-state index < -0.39 is 0 Å². The molecule has 0 aliphatic heterocycles. The van der Waals surface area contributed by atoms with E-state index in [1.807, 2.05) is 36.4 Å². The molecule has 114 valence electrons. The smallest absolute Gasteiger partial charge is 0.268 e. The summed E-state index contributed by atoms with van der Waals surface area (Å²) in [6.07, 6.45) is 3.06. The molecule has 1 heterocycles. The van der Waals surface area contributed by atoms with Crippen LogP contribution in [0.2, 0.25) is 0 Å². The minimum absolute atomic E-state index is 0.183. The third-order valence-electron chi connectivity index (χ3n) is 3.65. The van der Waals surface area contributed by atoms with Gasteiger partial charge in [-0.25, -0.2) is 0 Å². The third-order valence-corrected chi connectivity index (χ3v) is 3.65. The Balaban J connectivity index is 2.52. The van der Waals surface area contributed by atoms with E-state index >= 15 is 0 Å². The van der Waals surface area contributed by atoms with Crippen molar-refractivity contribution in [2.75, 3.05) is 7.11 Å². The van der Waals surface area contributed by atoms with Gasteiger partial charge in [-0.2, -0.15) is 5.26 Å². The highest BCUT2D eigenvalue weighted by Gasteiger charge is 2.10. The van der Waals surface area contributed by atoms with Crippen LogP contribution in [0.1, 0.15) is 31.7 Å². The van der Waals surface area contributed by atoms with Crippen molar-refractivity contribution < 1.29 is 4.74 Å². The first-order valence-electron chi connectivity index (χ1n) is 7.49. The van der Waals surface area contributed by atoms with Crippen molar-refractivity contribution in [3.63, 3.8) is 0 Å². The van der Waals surface area contributed by atoms with Crippen molar-refractivity contribution in [2.24, 2.45) is 0 Å². The topological polar surface area (TPSA) is 55.0 Å². The Kier molecular flexibility index (Phi) is 5.37. The summed E-state index contributed by atoms with van der Waals surface area (Å²) in [7, 11) is 1.62. The molecule has 0 aliphatic rings. The average molecular weight is 296 g/mol. The number of hydrogen-bond acceptors (Lipinski definition) is 3. The van der Waals surface area contributed by atoms with Crippen LogP contribution in [0.25, 0.3) is 11.3 Å². The van der Waals surface area contributed by atoms with Crippen molar-refractivity contribution >= 4 is 0 Å². The van der Waals surface area contributed by atoms with E-state index in [1.165, 1.54) is 0 Å². The summed E-state index contributed by atoms with van der Waals surface area (Å²) in [5, 5.41) is 9.07. The quantitative estimate of drug-likeness (QED) is 0.765. The molecule has 0 amide bonds. The number of benzene rings is 1. The second-order valence-corrected chi connectivity index (χ2v) is 5.14. The highest BCUT2D eigenvalue weighted by Crippen LogP contribution is 2.23. The molecule has 0 N–H and O–H groups in total. The van der Waals surface area contributed by atoms with Crippen LogP contribution < -0.4 is 10.3 Å². The van der Waals surface area contributed by atoms with Crippen molar-refractivity contribution in [3.05, 3.63) is 52.3 Å². The summed E-state index contributed by atoms with van der Waals surface area (Å²) in [4.78, 5) is 12.5. The van der Waals surface area contributed by atoms with Crippen molar-refractivity contribution in [3.8, 4) is 23.1 Å². The van der Waals surface area contributed by atoms with Crippen molar-refractivity contribution in [1.29, 1.82) is 5.26 Å².